The molecule has 0 radical (unpaired) electrons. The summed E-state index contributed by atoms with van der Waals surface area (Å²) < 4.78 is 46.7. The van der Waals surface area contributed by atoms with Crippen molar-refractivity contribution < 1.29 is 22.3 Å². The van der Waals surface area contributed by atoms with Gasteiger partial charge >= 0.3 is 0 Å². The lowest BCUT2D eigenvalue weighted by atomic mass is 10.1. The molecule has 0 spiro atoms. The summed E-state index contributed by atoms with van der Waals surface area (Å²) in [5.74, 6) is -0.460. The first kappa shape index (κ1) is 21.3. The fraction of sp³-hybridized carbons (Fsp3) is 0.136. The van der Waals surface area contributed by atoms with E-state index in [0.717, 1.165) is 11.6 Å². The van der Waals surface area contributed by atoms with Crippen LogP contribution in [0.4, 0.5) is 10.1 Å². The van der Waals surface area contributed by atoms with Crippen LogP contribution in [0, 0.1) is 5.82 Å². The van der Waals surface area contributed by atoms with Crippen molar-refractivity contribution in [2.24, 2.45) is 0 Å². The highest BCUT2D eigenvalue weighted by atomic mass is 32.2. The second-order valence-corrected chi connectivity index (χ2v) is 8.02. The van der Waals surface area contributed by atoms with E-state index in [1.807, 2.05) is 31.2 Å². The molecule has 0 saturated heterocycles. The fourth-order valence-corrected chi connectivity index (χ4v) is 3.89. The molecule has 0 aliphatic carbocycles. The highest BCUT2D eigenvalue weighted by Gasteiger charge is 2.18. The predicted octanol–water partition coefficient (Wildman–Crippen LogP) is 3.96. The van der Waals surface area contributed by atoms with Crippen LogP contribution in [0.25, 0.3) is 0 Å². The number of benzene rings is 3. The maximum atomic E-state index is 13.8. The summed E-state index contributed by atoms with van der Waals surface area (Å²) in [6.07, 6.45) is 0. The zero-order valence-corrected chi connectivity index (χ0v) is 17.1. The number of para-hydroxylation sites is 2. The van der Waals surface area contributed by atoms with Gasteiger partial charge in [0, 0.05) is 17.7 Å². The van der Waals surface area contributed by atoms with Gasteiger partial charge in [0.1, 0.15) is 11.6 Å². The van der Waals surface area contributed by atoms with Gasteiger partial charge in [-0.15, -0.1) is 0 Å². The third-order valence-corrected chi connectivity index (χ3v) is 5.60. The molecule has 0 aliphatic rings. The second kappa shape index (κ2) is 9.41. The van der Waals surface area contributed by atoms with E-state index in [-0.39, 0.29) is 22.7 Å². The normalized spacial score (nSPS) is 11.0. The predicted molar refractivity (Wildman–Crippen MR) is 112 cm³/mol. The summed E-state index contributed by atoms with van der Waals surface area (Å²) in [7, 11) is -4.06. The van der Waals surface area contributed by atoms with E-state index in [9.17, 15) is 17.6 Å². The Morgan fingerprint density at radius 1 is 1.00 bits per heavy atom. The molecule has 3 aromatic rings. The quantitative estimate of drug-likeness (QED) is 0.569. The van der Waals surface area contributed by atoms with Gasteiger partial charge in [-0.2, -0.15) is 0 Å². The minimum atomic E-state index is -4.06. The van der Waals surface area contributed by atoms with E-state index >= 15 is 0 Å². The first-order valence-corrected chi connectivity index (χ1v) is 10.8. The molecule has 3 rings (SSSR count). The Bertz CT molecular complexity index is 1150. The number of carbonyl (C=O) groups excluding carboxylic acids is 1. The number of anilines is 1. The van der Waals surface area contributed by atoms with Crippen molar-refractivity contribution >= 4 is 21.6 Å². The molecule has 0 heterocycles. The van der Waals surface area contributed by atoms with Gasteiger partial charge in [-0.3, -0.25) is 9.52 Å². The van der Waals surface area contributed by atoms with Crippen LogP contribution in [0.3, 0.4) is 0 Å². The number of hydrogen-bond donors (Lipinski definition) is 2. The molecule has 3 aromatic carbocycles. The van der Waals surface area contributed by atoms with Crippen LogP contribution in [0.2, 0.25) is 0 Å². The topological polar surface area (TPSA) is 84.5 Å². The zero-order valence-electron chi connectivity index (χ0n) is 16.3. The summed E-state index contributed by atoms with van der Waals surface area (Å²) in [6.45, 7) is 2.59. The molecule has 0 atom stereocenters. The van der Waals surface area contributed by atoms with Crippen molar-refractivity contribution in [2.45, 2.75) is 18.4 Å². The third kappa shape index (κ3) is 5.15. The number of ether oxygens (including phenoxy) is 1. The number of sulfonamides is 1. The molecule has 2 N–H and O–H groups in total. The molecule has 0 aromatic heterocycles. The van der Waals surface area contributed by atoms with Gasteiger partial charge in [-0.05, 0) is 43.3 Å². The lowest BCUT2D eigenvalue weighted by Gasteiger charge is -2.12. The fourth-order valence-electron chi connectivity index (χ4n) is 2.78. The van der Waals surface area contributed by atoms with E-state index in [1.165, 1.54) is 42.5 Å². The number of amides is 1. The maximum absolute atomic E-state index is 13.8. The third-order valence-electron chi connectivity index (χ3n) is 4.24. The van der Waals surface area contributed by atoms with Crippen LogP contribution in [0.1, 0.15) is 22.8 Å². The zero-order chi connectivity index (χ0) is 21.6. The molecule has 0 aliphatic heterocycles. The molecular formula is C22H21FN2O4S. The van der Waals surface area contributed by atoms with Crippen LogP contribution in [0.15, 0.2) is 77.7 Å². The second-order valence-electron chi connectivity index (χ2n) is 6.34. The molecule has 0 saturated carbocycles. The van der Waals surface area contributed by atoms with Crippen molar-refractivity contribution in [3.63, 3.8) is 0 Å². The lowest BCUT2D eigenvalue weighted by molar-refractivity contribution is 0.0950. The Morgan fingerprint density at radius 3 is 2.50 bits per heavy atom. The van der Waals surface area contributed by atoms with Crippen LogP contribution in [-0.4, -0.2) is 20.9 Å². The summed E-state index contributed by atoms with van der Waals surface area (Å²) in [4.78, 5) is 12.4. The Hall–Kier alpha value is -3.39. The molecule has 0 bridgehead atoms. The van der Waals surface area contributed by atoms with E-state index in [4.69, 9.17) is 4.74 Å². The van der Waals surface area contributed by atoms with E-state index in [0.29, 0.717) is 12.4 Å². The SMILES string of the molecule is CCOc1ccccc1CNC(=O)c1cccc(S(=O)(=O)Nc2ccccc2F)c1. The molecule has 30 heavy (non-hydrogen) atoms. The maximum Gasteiger partial charge on any atom is 0.262 e. The summed E-state index contributed by atoms with van der Waals surface area (Å²) in [5.41, 5.74) is 0.804. The van der Waals surface area contributed by atoms with Crippen LogP contribution >= 0.6 is 0 Å². The van der Waals surface area contributed by atoms with E-state index < -0.39 is 21.7 Å². The Labute approximate surface area is 174 Å². The summed E-state index contributed by atoms with van der Waals surface area (Å²) in [5, 5.41) is 2.76. The van der Waals surface area contributed by atoms with Gasteiger partial charge in [0.25, 0.3) is 15.9 Å². The van der Waals surface area contributed by atoms with Crippen molar-refractivity contribution in [3.8, 4) is 5.75 Å². The van der Waals surface area contributed by atoms with Crippen molar-refractivity contribution in [1.29, 1.82) is 0 Å². The van der Waals surface area contributed by atoms with Crippen molar-refractivity contribution in [3.05, 3.63) is 89.7 Å². The van der Waals surface area contributed by atoms with Crippen molar-refractivity contribution in [1.82, 2.24) is 5.32 Å². The van der Waals surface area contributed by atoms with Gasteiger partial charge in [0.05, 0.1) is 17.2 Å². The number of hydrogen-bond acceptors (Lipinski definition) is 4. The van der Waals surface area contributed by atoms with Gasteiger partial charge < -0.3 is 10.1 Å². The van der Waals surface area contributed by atoms with E-state index in [1.54, 1.807) is 0 Å². The number of halogens is 1. The Morgan fingerprint density at radius 2 is 1.73 bits per heavy atom. The number of rotatable bonds is 8. The number of carbonyl (C=O) groups is 1. The first-order valence-electron chi connectivity index (χ1n) is 9.27. The monoisotopic (exact) mass is 428 g/mol. The molecule has 0 unspecified atom stereocenters. The number of nitrogens with one attached hydrogen (secondary N) is 2. The van der Waals surface area contributed by atoms with Crippen LogP contribution in [0.5, 0.6) is 5.75 Å². The molecule has 0 fully saturated rings. The van der Waals surface area contributed by atoms with Crippen LogP contribution < -0.4 is 14.8 Å². The average Bonchev–Trinajstić information content (AvgIpc) is 2.75. The highest BCUT2D eigenvalue weighted by Crippen LogP contribution is 2.20. The largest absolute Gasteiger partial charge is 0.494 e. The Kier molecular flexibility index (Phi) is 6.68. The lowest BCUT2D eigenvalue weighted by Crippen LogP contribution is -2.23. The average molecular weight is 428 g/mol. The van der Waals surface area contributed by atoms with Gasteiger partial charge in [-0.1, -0.05) is 36.4 Å². The van der Waals surface area contributed by atoms with Gasteiger partial charge in [0.2, 0.25) is 0 Å². The summed E-state index contributed by atoms with van der Waals surface area (Å²) in [6, 6.07) is 18.3. The smallest absolute Gasteiger partial charge is 0.262 e. The Balaban J connectivity index is 1.75. The van der Waals surface area contributed by atoms with Crippen LogP contribution in [-0.2, 0) is 16.6 Å². The first-order chi connectivity index (χ1) is 14.4. The minimum absolute atomic E-state index is 0.145. The molecular weight excluding hydrogens is 407 g/mol. The molecule has 156 valence electrons. The van der Waals surface area contributed by atoms with Gasteiger partial charge in [-0.25, -0.2) is 12.8 Å². The standard InChI is InChI=1S/C22H21FN2O4S/c1-2-29-21-13-6-3-8-17(21)15-24-22(26)16-9-7-10-18(14-16)30(27,28)25-20-12-5-4-11-19(20)23/h3-14,25H,2,15H2,1H3,(H,24,26). The van der Waals surface area contributed by atoms with Crippen molar-refractivity contribution in [2.75, 3.05) is 11.3 Å². The minimum Gasteiger partial charge on any atom is -0.494 e. The van der Waals surface area contributed by atoms with E-state index in [2.05, 4.69) is 10.0 Å². The molecule has 6 nitrogen and oxygen atoms in total. The highest BCUT2D eigenvalue weighted by molar-refractivity contribution is 7.92. The molecule has 1 amide bonds. The summed E-state index contributed by atoms with van der Waals surface area (Å²) >= 11 is 0. The molecule has 8 heteroatoms. The van der Waals surface area contributed by atoms with Gasteiger partial charge in [0.15, 0.2) is 0 Å².